The Morgan fingerprint density at radius 2 is 2.15 bits per heavy atom. The summed E-state index contributed by atoms with van der Waals surface area (Å²) in [7, 11) is 0. The second-order valence-electron chi connectivity index (χ2n) is 6.02. The Bertz CT molecular complexity index is 791. The van der Waals surface area contributed by atoms with Gasteiger partial charge in [-0.15, -0.1) is 17.9 Å². The lowest BCUT2D eigenvalue weighted by Crippen LogP contribution is -2.51. The number of anilines is 1. The van der Waals surface area contributed by atoms with Gasteiger partial charge in [-0.25, -0.2) is 0 Å². The molecule has 0 radical (unpaired) electrons. The van der Waals surface area contributed by atoms with E-state index in [1.165, 1.54) is 4.88 Å². The van der Waals surface area contributed by atoms with Crippen molar-refractivity contribution < 1.29 is 14.3 Å². The van der Waals surface area contributed by atoms with E-state index in [2.05, 4.69) is 6.58 Å². The van der Waals surface area contributed by atoms with Crippen LogP contribution in [0.2, 0.25) is 0 Å². The van der Waals surface area contributed by atoms with Gasteiger partial charge in [-0.3, -0.25) is 14.5 Å². The van der Waals surface area contributed by atoms with Crippen molar-refractivity contribution in [3.8, 4) is 5.75 Å². The molecule has 2 N–H and O–H groups in total. The van der Waals surface area contributed by atoms with E-state index in [1.807, 2.05) is 34.5 Å². The van der Waals surface area contributed by atoms with Gasteiger partial charge in [0.1, 0.15) is 5.75 Å². The molecule has 0 saturated heterocycles. The van der Waals surface area contributed by atoms with Crippen molar-refractivity contribution >= 4 is 28.8 Å². The molecule has 0 unspecified atom stereocenters. The number of hydrogen-bond acceptors (Lipinski definition) is 5. The van der Waals surface area contributed by atoms with Crippen LogP contribution in [0.15, 0.2) is 54.4 Å². The molecular weight excluding hydrogens is 350 g/mol. The molecule has 0 fully saturated rings. The Morgan fingerprint density at radius 3 is 2.85 bits per heavy atom. The number of carbonyl (C=O) groups excluding carboxylic acids is 2. The van der Waals surface area contributed by atoms with Crippen LogP contribution in [0.4, 0.5) is 5.69 Å². The number of rotatable bonds is 7. The van der Waals surface area contributed by atoms with E-state index in [0.717, 1.165) is 0 Å². The zero-order valence-corrected chi connectivity index (χ0v) is 15.2. The largest absolute Gasteiger partial charge is 0.477 e. The van der Waals surface area contributed by atoms with E-state index < -0.39 is 12.0 Å². The fourth-order valence-electron chi connectivity index (χ4n) is 2.89. The number of para-hydroxylation sites is 2. The summed E-state index contributed by atoms with van der Waals surface area (Å²) in [6.07, 6.45) is 0.930. The number of fused-ring (bicyclic) bond motifs is 1. The van der Waals surface area contributed by atoms with Crippen molar-refractivity contribution in [2.24, 2.45) is 5.73 Å². The first-order valence-corrected chi connectivity index (χ1v) is 9.17. The molecule has 1 atom stereocenters. The minimum atomic E-state index is -0.848. The number of benzene rings is 1. The summed E-state index contributed by atoms with van der Waals surface area (Å²) in [6, 6.07) is 11.2. The summed E-state index contributed by atoms with van der Waals surface area (Å²) in [4.78, 5) is 29.4. The van der Waals surface area contributed by atoms with Crippen LogP contribution < -0.4 is 15.4 Å². The summed E-state index contributed by atoms with van der Waals surface area (Å²) < 4.78 is 5.61. The number of hydrogen-bond donors (Lipinski definition) is 1. The Balaban J connectivity index is 1.78. The third-order valence-electron chi connectivity index (χ3n) is 4.10. The third-order valence-corrected chi connectivity index (χ3v) is 4.96. The molecule has 2 heterocycles. The molecule has 26 heavy (non-hydrogen) atoms. The van der Waals surface area contributed by atoms with Crippen LogP contribution in [-0.2, 0) is 16.1 Å². The monoisotopic (exact) mass is 371 g/mol. The highest BCUT2D eigenvalue weighted by Crippen LogP contribution is 2.33. The van der Waals surface area contributed by atoms with E-state index in [4.69, 9.17) is 10.5 Å². The highest BCUT2D eigenvalue weighted by Gasteiger charge is 2.33. The van der Waals surface area contributed by atoms with Crippen molar-refractivity contribution in [1.82, 2.24) is 4.90 Å². The maximum absolute atomic E-state index is 13.0. The topological polar surface area (TPSA) is 75.9 Å². The lowest BCUT2D eigenvalue weighted by atomic mass is 10.1. The second-order valence-corrected chi connectivity index (χ2v) is 7.05. The molecule has 1 aromatic heterocycles. The molecule has 0 spiro atoms. The molecule has 2 aromatic rings. The van der Waals surface area contributed by atoms with Gasteiger partial charge in [0.15, 0.2) is 6.10 Å². The van der Waals surface area contributed by atoms with Gasteiger partial charge in [0.2, 0.25) is 5.91 Å². The number of thiophene rings is 1. The molecule has 0 aliphatic carbocycles. The molecule has 1 aromatic carbocycles. The van der Waals surface area contributed by atoms with Crippen LogP contribution in [0.3, 0.4) is 0 Å². The van der Waals surface area contributed by atoms with Crippen LogP contribution >= 0.6 is 11.3 Å². The van der Waals surface area contributed by atoms with E-state index in [1.54, 1.807) is 34.4 Å². The highest BCUT2D eigenvalue weighted by atomic mass is 32.1. The average Bonchev–Trinajstić information content (AvgIpc) is 3.13. The quantitative estimate of drug-likeness (QED) is 0.756. The van der Waals surface area contributed by atoms with Crippen molar-refractivity contribution in [3.63, 3.8) is 0 Å². The Labute approximate surface area is 156 Å². The predicted octanol–water partition coefficient (Wildman–Crippen LogP) is 2.02. The number of nitrogens with zero attached hydrogens (tertiary/aromatic N) is 2. The Kier molecular flexibility index (Phi) is 5.70. The SMILES string of the molecule is C=CCN(CC(=O)N1C[C@H](C(N)=O)Oc2ccccc21)Cc1cccs1. The van der Waals surface area contributed by atoms with Crippen molar-refractivity contribution in [2.45, 2.75) is 12.6 Å². The van der Waals surface area contributed by atoms with Crippen LogP contribution in [0, 0.1) is 0 Å². The van der Waals surface area contributed by atoms with Crippen LogP contribution in [0.5, 0.6) is 5.75 Å². The van der Waals surface area contributed by atoms with Gasteiger partial charge < -0.3 is 15.4 Å². The molecular formula is C19H21N3O3S. The molecule has 7 heteroatoms. The number of amides is 2. The first-order valence-electron chi connectivity index (χ1n) is 8.29. The zero-order chi connectivity index (χ0) is 18.5. The fourth-order valence-corrected chi connectivity index (χ4v) is 3.63. The summed E-state index contributed by atoms with van der Waals surface area (Å²) in [5.41, 5.74) is 6.06. The lowest BCUT2D eigenvalue weighted by molar-refractivity contribution is -0.125. The van der Waals surface area contributed by atoms with Gasteiger partial charge in [0.05, 0.1) is 18.8 Å². The lowest BCUT2D eigenvalue weighted by Gasteiger charge is -2.34. The molecule has 136 valence electrons. The van der Waals surface area contributed by atoms with Gasteiger partial charge >= 0.3 is 0 Å². The fraction of sp³-hybridized carbons (Fsp3) is 0.263. The summed E-state index contributed by atoms with van der Waals surface area (Å²) in [5, 5.41) is 2.01. The molecule has 1 aliphatic heterocycles. The molecule has 3 rings (SSSR count). The van der Waals surface area contributed by atoms with E-state index in [-0.39, 0.29) is 19.0 Å². The van der Waals surface area contributed by atoms with Crippen LogP contribution in [0.1, 0.15) is 4.88 Å². The first-order chi connectivity index (χ1) is 12.6. The normalized spacial score (nSPS) is 16.0. The maximum atomic E-state index is 13.0. The molecule has 0 bridgehead atoms. The number of nitrogens with two attached hydrogens (primary N) is 1. The zero-order valence-electron chi connectivity index (χ0n) is 14.3. The smallest absolute Gasteiger partial charge is 0.260 e. The van der Waals surface area contributed by atoms with Gasteiger partial charge in [-0.2, -0.15) is 0 Å². The van der Waals surface area contributed by atoms with Gasteiger partial charge in [-0.05, 0) is 23.6 Å². The van der Waals surface area contributed by atoms with Crippen molar-refractivity contribution in [1.29, 1.82) is 0 Å². The predicted molar refractivity (Wildman–Crippen MR) is 102 cm³/mol. The van der Waals surface area contributed by atoms with Crippen molar-refractivity contribution in [2.75, 3.05) is 24.5 Å². The number of primary amides is 1. The van der Waals surface area contributed by atoms with Gasteiger partial charge in [-0.1, -0.05) is 24.3 Å². The average molecular weight is 371 g/mol. The van der Waals surface area contributed by atoms with E-state index >= 15 is 0 Å². The molecule has 2 amide bonds. The Hall–Kier alpha value is -2.64. The highest BCUT2D eigenvalue weighted by molar-refractivity contribution is 7.09. The summed E-state index contributed by atoms with van der Waals surface area (Å²) >= 11 is 1.65. The molecule has 0 saturated carbocycles. The van der Waals surface area contributed by atoms with E-state index in [0.29, 0.717) is 24.5 Å². The van der Waals surface area contributed by atoms with Crippen LogP contribution in [0.25, 0.3) is 0 Å². The number of ether oxygens (including phenoxy) is 1. The second kappa shape index (κ2) is 8.16. The van der Waals surface area contributed by atoms with Gasteiger partial charge in [0.25, 0.3) is 5.91 Å². The van der Waals surface area contributed by atoms with Gasteiger partial charge in [0, 0.05) is 18.0 Å². The third kappa shape index (κ3) is 4.12. The van der Waals surface area contributed by atoms with E-state index in [9.17, 15) is 9.59 Å². The standard InChI is InChI=1S/C19H21N3O3S/c1-2-9-21(11-14-6-5-10-26-14)13-18(23)22-12-17(19(20)24)25-16-8-4-3-7-15(16)22/h2-8,10,17H,1,9,11-13H2,(H2,20,24)/t17-/m1/s1. The number of carbonyl (C=O) groups is 2. The summed E-state index contributed by atoms with van der Waals surface area (Å²) in [5.74, 6) is -0.200. The molecule has 1 aliphatic rings. The summed E-state index contributed by atoms with van der Waals surface area (Å²) in [6.45, 7) is 5.37. The molecule has 6 nitrogen and oxygen atoms in total. The minimum Gasteiger partial charge on any atom is -0.477 e. The minimum absolute atomic E-state index is 0.106. The Morgan fingerprint density at radius 1 is 1.35 bits per heavy atom. The first kappa shape index (κ1) is 18.2. The van der Waals surface area contributed by atoms with Crippen LogP contribution in [-0.4, -0.2) is 42.5 Å². The maximum Gasteiger partial charge on any atom is 0.260 e. The van der Waals surface area contributed by atoms with Crippen molar-refractivity contribution in [3.05, 3.63) is 59.3 Å².